The second-order valence-electron chi connectivity index (χ2n) is 3.70. The van der Waals surface area contributed by atoms with Crippen molar-refractivity contribution in [2.75, 3.05) is 7.11 Å². The van der Waals surface area contributed by atoms with Crippen LogP contribution in [0.1, 0.15) is 5.56 Å². The summed E-state index contributed by atoms with van der Waals surface area (Å²) in [7, 11) is 1.63. The number of benzene rings is 2. The SMILES string of the molecule is COc1cccc(-c2ccc(F)c(C)c2)c1. The van der Waals surface area contributed by atoms with Crippen LogP contribution in [-0.2, 0) is 0 Å². The summed E-state index contributed by atoms with van der Waals surface area (Å²) < 4.78 is 18.3. The van der Waals surface area contributed by atoms with Crippen molar-refractivity contribution in [3.8, 4) is 16.9 Å². The molecule has 0 aliphatic rings. The van der Waals surface area contributed by atoms with Crippen molar-refractivity contribution >= 4 is 0 Å². The predicted molar refractivity (Wildman–Crippen MR) is 63.1 cm³/mol. The van der Waals surface area contributed by atoms with E-state index in [1.807, 2.05) is 30.3 Å². The molecule has 0 saturated carbocycles. The Hall–Kier alpha value is -1.83. The van der Waals surface area contributed by atoms with Crippen LogP contribution in [0, 0.1) is 12.7 Å². The first kappa shape index (κ1) is 10.7. The molecule has 0 atom stereocenters. The lowest BCUT2D eigenvalue weighted by Crippen LogP contribution is -1.86. The number of methoxy groups -OCH3 is 1. The monoisotopic (exact) mass is 216 g/mol. The van der Waals surface area contributed by atoms with E-state index in [1.54, 1.807) is 20.1 Å². The molecular formula is C14H13FO. The quantitative estimate of drug-likeness (QED) is 0.741. The fourth-order valence-electron chi connectivity index (χ4n) is 1.63. The molecule has 2 aromatic carbocycles. The van der Waals surface area contributed by atoms with Gasteiger partial charge in [0, 0.05) is 0 Å². The molecule has 0 unspecified atom stereocenters. The minimum absolute atomic E-state index is 0.174. The normalized spacial score (nSPS) is 10.2. The first-order chi connectivity index (χ1) is 7.70. The number of aryl methyl sites for hydroxylation is 1. The zero-order chi connectivity index (χ0) is 11.5. The van der Waals surface area contributed by atoms with Gasteiger partial charge in [0.25, 0.3) is 0 Å². The van der Waals surface area contributed by atoms with E-state index in [0.29, 0.717) is 5.56 Å². The smallest absolute Gasteiger partial charge is 0.126 e. The Morgan fingerprint density at radius 3 is 2.44 bits per heavy atom. The van der Waals surface area contributed by atoms with E-state index >= 15 is 0 Å². The van der Waals surface area contributed by atoms with Crippen LogP contribution in [0.4, 0.5) is 4.39 Å². The van der Waals surface area contributed by atoms with Crippen molar-refractivity contribution in [1.82, 2.24) is 0 Å². The van der Waals surface area contributed by atoms with Gasteiger partial charge in [-0.05, 0) is 47.9 Å². The molecule has 0 aliphatic carbocycles. The van der Waals surface area contributed by atoms with E-state index in [-0.39, 0.29) is 5.82 Å². The van der Waals surface area contributed by atoms with E-state index in [2.05, 4.69) is 0 Å². The summed E-state index contributed by atoms with van der Waals surface area (Å²) in [6.45, 7) is 1.76. The standard InChI is InChI=1S/C14H13FO/c1-10-8-12(6-7-14(10)15)11-4-3-5-13(9-11)16-2/h3-9H,1-2H3. The Labute approximate surface area is 94.5 Å². The molecule has 16 heavy (non-hydrogen) atoms. The van der Waals surface area contributed by atoms with Gasteiger partial charge in [-0.25, -0.2) is 4.39 Å². The van der Waals surface area contributed by atoms with Gasteiger partial charge in [0.1, 0.15) is 11.6 Å². The van der Waals surface area contributed by atoms with E-state index in [0.717, 1.165) is 16.9 Å². The maximum absolute atomic E-state index is 13.1. The van der Waals surface area contributed by atoms with Gasteiger partial charge in [-0.3, -0.25) is 0 Å². The van der Waals surface area contributed by atoms with Crippen molar-refractivity contribution in [2.45, 2.75) is 6.92 Å². The minimum atomic E-state index is -0.174. The molecule has 0 bridgehead atoms. The molecule has 0 heterocycles. The van der Waals surface area contributed by atoms with E-state index in [1.165, 1.54) is 6.07 Å². The van der Waals surface area contributed by atoms with Gasteiger partial charge in [-0.1, -0.05) is 18.2 Å². The summed E-state index contributed by atoms with van der Waals surface area (Å²) in [4.78, 5) is 0. The fraction of sp³-hybridized carbons (Fsp3) is 0.143. The molecule has 0 saturated heterocycles. The highest BCUT2D eigenvalue weighted by Gasteiger charge is 2.02. The van der Waals surface area contributed by atoms with Gasteiger partial charge < -0.3 is 4.74 Å². The summed E-state index contributed by atoms with van der Waals surface area (Å²) in [5, 5.41) is 0. The van der Waals surface area contributed by atoms with Gasteiger partial charge in [0.2, 0.25) is 0 Å². The highest BCUT2D eigenvalue weighted by atomic mass is 19.1. The highest BCUT2D eigenvalue weighted by Crippen LogP contribution is 2.25. The van der Waals surface area contributed by atoms with Crippen molar-refractivity contribution in [2.24, 2.45) is 0 Å². The summed E-state index contributed by atoms with van der Waals surface area (Å²) >= 11 is 0. The van der Waals surface area contributed by atoms with E-state index < -0.39 is 0 Å². The van der Waals surface area contributed by atoms with Crippen LogP contribution in [0.15, 0.2) is 42.5 Å². The van der Waals surface area contributed by atoms with Gasteiger partial charge in [-0.2, -0.15) is 0 Å². The van der Waals surface area contributed by atoms with Gasteiger partial charge in [-0.15, -0.1) is 0 Å². The lowest BCUT2D eigenvalue weighted by atomic mass is 10.0. The molecule has 0 aromatic heterocycles. The maximum atomic E-state index is 13.1. The predicted octanol–water partition coefficient (Wildman–Crippen LogP) is 3.81. The lowest BCUT2D eigenvalue weighted by molar-refractivity contribution is 0.415. The Balaban J connectivity index is 2.46. The minimum Gasteiger partial charge on any atom is -0.497 e. The second kappa shape index (κ2) is 4.35. The summed E-state index contributed by atoms with van der Waals surface area (Å²) in [6.07, 6.45) is 0. The molecule has 0 fully saturated rings. The fourth-order valence-corrected chi connectivity index (χ4v) is 1.63. The zero-order valence-corrected chi connectivity index (χ0v) is 9.33. The Kier molecular flexibility index (Phi) is 2.91. The molecule has 82 valence electrons. The van der Waals surface area contributed by atoms with Crippen molar-refractivity contribution in [3.05, 3.63) is 53.8 Å². The maximum Gasteiger partial charge on any atom is 0.126 e. The largest absolute Gasteiger partial charge is 0.497 e. The van der Waals surface area contributed by atoms with Crippen molar-refractivity contribution < 1.29 is 9.13 Å². The molecule has 0 N–H and O–H groups in total. The molecule has 1 nitrogen and oxygen atoms in total. The zero-order valence-electron chi connectivity index (χ0n) is 9.33. The van der Waals surface area contributed by atoms with Crippen LogP contribution in [0.25, 0.3) is 11.1 Å². The van der Waals surface area contributed by atoms with Crippen LogP contribution in [0.3, 0.4) is 0 Å². The lowest BCUT2D eigenvalue weighted by Gasteiger charge is -2.06. The highest BCUT2D eigenvalue weighted by molar-refractivity contribution is 5.65. The molecule has 0 aliphatic heterocycles. The topological polar surface area (TPSA) is 9.23 Å². The summed E-state index contributed by atoms with van der Waals surface area (Å²) in [6, 6.07) is 12.8. The van der Waals surface area contributed by atoms with Gasteiger partial charge in [0.05, 0.1) is 7.11 Å². The molecule has 2 rings (SSSR count). The third-order valence-electron chi connectivity index (χ3n) is 2.56. The number of hydrogen-bond donors (Lipinski definition) is 0. The average molecular weight is 216 g/mol. The third kappa shape index (κ3) is 2.06. The molecule has 2 heteroatoms. The first-order valence-electron chi connectivity index (χ1n) is 5.11. The van der Waals surface area contributed by atoms with Crippen LogP contribution in [0.2, 0.25) is 0 Å². The number of hydrogen-bond acceptors (Lipinski definition) is 1. The van der Waals surface area contributed by atoms with E-state index in [4.69, 9.17) is 4.74 Å². The van der Waals surface area contributed by atoms with E-state index in [9.17, 15) is 4.39 Å². The van der Waals surface area contributed by atoms with Gasteiger partial charge >= 0.3 is 0 Å². The molecule has 2 aromatic rings. The first-order valence-corrected chi connectivity index (χ1v) is 5.11. The second-order valence-corrected chi connectivity index (χ2v) is 3.70. The molecule has 0 radical (unpaired) electrons. The van der Waals surface area contributed by atoms with Crippen LogP contribution < -0.4 is 4.74 Å². The van der Waals surface area contributed by atoms with Crippen LogP contribution in [-0.4, -0.2) is 7.11 Å². The van der Waals surface area contributed by atoms with Crippen LogP contribution >= 0.6 is 0 Å². The Bertz CT molecular complexity index is 506. The summed E-state index contributed by atoms with van der Waals surface area (Å²) in [5.74, 6) is 0.631. The Morgan fingerprint density at radius 2 is 1.75 bits per heavy atom. The molecule has 0 spiro atoms. The average Bonchev–Trinajstić information content (AvgIpc) is 2.33. The number of ether oxygens (including phenoxy) is 1. The molecular weight excluding hydrogens is 203 g/mol. The van der Waals surface area contributed by atoms with Gasteiger partial charge in [0.15, 0.2) is 0 Å². The summed E-state index contributed by atoms with van der Waals surface area (Å²) in [5.41, 5.74) is 2.68. The number of halogens is 1. The Morgan fingerprint density at radius 1 is 1.00 bits per heavy atom. The van der Waals surface area contributed by atoms with Crippen LogP contribution in [0.5, 0.6) is 5.75 Å². The van der Waals surface area contributed by atoms with Crippen molar-refractivity contribution in [3.63, 3.8) is 0 Å². The number of rotatable bonds is 2. The third-order valence-corrected chi connectivity index (χ3v) is 2.56. The van der Waals surface area contributed by atoms with Crippen molar-refractivity contribution in [1.29, 1.82) is 0 Å². The molecule has 0 amide bonds.